The maximum Gasteiger partial charge on any atom is 0.261 e. The van der Waals surface area contributed by atoms with E-state index in [-0.39, 0.29) is 21.5 Å². The number of halogens is 1. The van der Waals surface area contributed by atoms with Crippen molar-refractivity contribution in [1.82, 2.24) is 10.2 Å². The van der Waals surface area contributed by atoms with E-state index in [1.54, 1.807) is 12.1 Å². The first-order valence-electron chi connectivity index (χ1n) is 8.01. The zero-order valence-electron chi connectivity index (χ0n) is 14.9. The zero-order valence-corrected chi connectivity index (χ0v) is 16.5. The number of sulfonamides is 1. The second kappa shape index (κ2) is 8.53. The predicted molar refractivity (Wildman–Crippen MR) is 104 cm³/mol. The topological polar surface area (TPSA) is 78.5 Å². The minimum atomic E-state index is -3.75. The van der Waals surface area contributed by atoms with Gasteiger partial charge in [-0.1, -0.05) is 29.3 Å². The van der Waals surface area contributed by atoms with Crippen molar-refractivity contribution < 1.29 is 13.2 Å². The van der Waals surface area contributed by atoms with Gasteiger partial charge in [0.15, 0.2) is 0 Å². The Morgan fingerprint density at radius 3 is 2.35 bits per heavy atom. The highest BCUT2D eigenvalue weighted by Crippen LogP contribution is 2.26. The third-order valence-electron chi connectivity index (χ3n) is 3.65. The Balaban J connectivity index is 2.12. The minimum absolute atomic E-state index is 0.143. The molecule has 0 saturated heterocycles. The number of nitrogens with zero attached hydrogens (tertiary/aromatic N) is 1. The smallest absolute Gasteiger partial charge is 0.261 e. The Morgan fingerprint density at radius 2 is 1.77 bits per heavy atom. The summed E-state index contributed by atoms with van der Waals surface area (Å²) in [5, 5.41) is 2.93. The largest absolute Gasteiger partial charge is 0.351 e. The van der Waals surface area contributed by atoms with Crippen molar-refractivity contribution in [2.45, 2.75) is 11.8 Å². The average molecular weight is 396 g/mol. The lowest BCUT2D eigenvalue weighted by molar-refractivity contribution is 0.0951. The van der Waals surface area contributed by atoms with Crippen LogP contribution in [0.1, 0.15) is 15.9 Å². The quantitative estimate of drug-likeness (QED) is 0.755. The van der Waals surface area contributed by atoms with Crippen LogP contribution in [-0.4, -0.2) is 46.4 Å². The minimum Gasteiger partial charge on any atom is -0.351 e. The number of carbonyl (C=O) groups is 1. The molecule has 0 saturated carbocycles. The second-order valence-corrected chi connectivity index (χ2v) is 8.26. The molecule has 1 amide bonds. The molecule has 0 radical (unpaired) electrons. The fraction of sp³-hybridized carbons (Fsp3) is 0.278. The van der Waals surface area contributed by atoms with Gasteiger partial charge in [-0.15, -0.1) is 0 Å². The molecule has 0 aliphatic heterocycles. The first-order valence-corrected chi connectivity index (χ1v) is 9.87. The third kappa shape index (κ3) is 5.45. The molecule has 0 aliphatic rings. The highest BCUT2D eigenvalue weighted by molar-refractivity contribution is 7.92. The summed E-state index contributed by atoms with van der Waals surface area (Å²) < 4.78 is 27.3. The Labute approximate surface area is 159 Å². The van der Waals surface area contributed by atoms with E-state index in [4.69, 9.17) is 11.6 Å². The van der Waals surface area contributed by atoms with Crippen LogP contribution in [0, 0.1) is 6.92 Å². The first-order chi connectivity index (χ1) is 12.2. The summed E-state index contributed by atoms with van der Waals surface area (Å²) in [6.45, 7) is 3.10. The summed E-state index contributed by atoms with van der Waals surface area (Å²) in [6.07, 6.45) is 0. The standard InChI is InChI=1S/C18H22ClN3O3S/c1-13-4-7-15(8-5-13)26(24,25)21-17-9-6-14(12-16(17)19)18(23)20-10-11-22(2)3/h4-9,12,21H,10-11H2,1-3H3,(H,20,23). The van der Waals surface area contributed by atoms with Crippen LogP contribution >= 0.6 is 11.6 Å². The fourth-order valence-corrected chi connectivity index (χ4v) is 3.52. The molecule has 26 heavy (non-hydrogen) atoms. The first kappa shape index (κ1) is 20.2. The average Bonchev–Trinajstić information content (AvgIpc) is 2.56. The molecular formula is C18H22ClN3O3S. The van der Waals surface area contributed by atoms with Gasteiger partial charge in [0, 0.05) is 18.7 Å². The fourth-order valence-electron chi connectivity index (χ4n) is 2.16. The normalized spacial score (nSPS) is 11.4. The molecule has 0 heterocycles. The van der Waals surface area contributed by atoms with Crippen LogP contribution in [0.25, 0.3) is 0 Å². The van der Waals surface area contributed by atoms with Crippen molar-refractivity contribution in [3.8, 4) is 0 Å². The zero-order chi connectivity index (χ0) is 19.3. The molecule has 2 rings (SSSR count). The Bertz CT molecular complexity index is 881. The molecular weight excluding hydrogens is 374 g/mol. The van der Waals surface area contributed by atoms with Gasteiger partial charge >= 0.3 is 0 Å². The van der Waals surface area contributed by atoms with Crippen LogP contribution in [0.4, 0.5) is 5.69 Å². The van der Waals surface area contributed by atoms with E-state index < -0.39 is 10.0 Å². The molecule has 0 unspecified atom stereocenters. The number of carbonyl (C=O) groups excluding carboxylic acids is 1. The van der Waals surface area contributed by atoms with Crippen LogP contribution in [-0.2, 0) is 10.0 Å². The van der Waals surface area contributed by atoms with Crippen LogP contribution in [0.15, 0.2) is 47.4 Å². The highest BCUT2D eigenvalue weighted by Gasteiger charge is 2.16. The number of benzene rings is 2. The summed E-state index contributed by atoms with van der Waals surface area (Å²) in [5.41, 5.74) is 1.55. The van der Waals surface area contributed by atoms with Gasteiger partial charge in [0.05, 0.1) is 15.6 Å². The van der Waals surface area contributed by atoms with Crippen molar-refractivity contribution in [1.29, 1.82) is 0 Å². The second-order valence-electron chi connectivity index (χ2n) is 6.17. The number of hydrogen-bond donors (Lipinski definition) is 2. The maximum absolute atomic E-state index is 12.4. The third-order valence-corrected chi connectivity index (χ3v) is 5.35. The number of aryl methyl sites for hydroxylation is 1. The number of likely N-dealkylation sites (N-methyl/N-ethyl adjacent to an activating group) is 1. The predicted octanol–water partition coefficient (Wildman–Crippen LogP) is 2.74. The maximum atomic E-state index is 12.4. The molecule has 2 aromatic carbocycles. The Kier molecular flexibility index (Phi) is 6.63. The lowest BCUT2D eigenvalue weighted by atomic mass is 10.2. The van der Waals surface area contributed by atoms with Crippen LogP contribution in [0.5, 0.6) is 0 Å². The summed E-state index contributed by atoms with van der Waals surface area (Å²) in [5.74, 6) is -0.262. The molecule has 0 fully saturated rings. The van der Waals surface area contributed by atoms with Crippen LogP contribution < -0.4 is 10.0 Å². The van der Waals surface area contributed by atoms with Crippen molar-refractivity contribution in [3.05, 3.63) is 58.6 Å². The van der Waals surface area contributed by atoms with E-state index in [0.29, 0.717) is 18.7 Å². The molecule has 0 bridgehead atoms. The van der Waals surface area contributed by atoms with E-state index in [1.807, 2.05) is 25.9 Å². The molecule has 2 N–H and O–H groups in total. The number of anilines is 1. The number of nitrogens with one attached hydrogen (secondary N) is 2. The Hall–Kier alpha value is -2.09. The van der Waals surface area contributed by atoms with Crippen LogP contribution in [0.3, 0.4) is 0 Å². The molecule has 0 spiro atoms. The van der Waals surface area contributed by atoms with Crippen LogP contribution in [0.2, 0.25) is 5.02 Å². The highest BCUT2D eigenvalue weighted by atomic mass is 35.5. The van der Waals surface area contributed by atoms with Gasteiger partial charge < -0.3 is 10.2 Å². The van der Waals surface area contributed by atoms with Crippen molar-refractivity contribution >= 4 is 33.2 Å². The van der Waals surface area contributed by atoms with E-state index >= 15 is 0 Å². The molecule has 140 valence electrons. The Morgan fingerprint density at radius 1 is 1.12 bits per heavy atom. The summed E-state index contributed by atoms with van der Waals surface area (Å²) in [4.78, 5) is 14.2. The van der Waals surface area contributed by atoms with Gasteiger partial charge in [0.1, 0.15) is 0 Å². The van der Waals surface area contributed by atoms with Crippen molar-refractivity contribution in [2.24, 2.45) is 0 Å². The van der Waals surface area contributed by atoms with Gasteiger partial charge in [0.2, 0.25) is 0 Å². The van der Waals surface area contributed by atoms with E-state index in [2.05, 4.69) is 10.0 Å². The number of amides is 1. The molecule has 0 aliphatic carbocycles. The monoisotopic (exact) mass is 395 g/mol. The molecule has 8 heteroatoms. The van der Waals surface area contributed by atoms with Gasteiger partial charge in [0.25, 0.3) is 15.9 Å². The van der Waals surface area contributed by atoms with Gasteiger partial charge in [-0.2, -0.15) is 0 Å². The molecule has 0 aromatic heterocycles. The summed E-state index contributed by atoms with van der Waals surface area (Å²) in [6, 6.07) is 10.9. The van der Waals surface area contributed by atoms with E-state index in [1.165, 1.54) is 30.3 Å². The van der Waals surface area contributed by atoms with E-state index in [9.17, 15) is 13.2 Å². The van der Waals surface area contributed by atoms with Gasteiger partial charge in [-0.3, -0.25) is 9.52 Å². The van der Waals surface area contributed by atoms with Gasteiger partial charge in [-0.25, -0.2) is 8.42 Å². The van der Waals surface area contributed by atoms with E-state index in [0.717, 1.165) is 5.56 Å². The lowest BCUT2D eigenvalue weighted by Crippen LogP contribution is -2.31. The van der Waals surface area contributed by atoms with Crippen molar-refractivity contribution in [2.75, 3.05) is 31.9 Å². The number of hydrogen-bond acceptors (Lipinski definition) is 4. The molecule has 6 nitrogen and oxygen atoms in total. The molecule has 2 aromatic rings. The van der Waals surface area contributed by atoms with Crippen molar-refractivity contribution in [3.63, 3.8) is 0 Å². The molecule has 0 atom stereocenters. The van der Waals surface area contributed by atoms with Gasteiger partial charge in [-0.05, 0) is 51.4 Å². The summed E-state index contributed by atoms with van der Waals surface area (Å²) >= 11 is 6.16. The lowest BCUT2D eigenvalue weighted by Gasteiger charge is -2.12. The number of rotatable bonds is 7. The SMILES string of the molecule is Cc1ccc(S(=O)(=O)Nc2ccc(C(=O)NCCN(C)C)cc2Cl)cc1. The summed E-state index contributed by atoms with van der Waals surface area (Å²) in [7, 11) is 0.0794.